The van der Waals surface area contributed by atoms with Crippen molar-refractivity contribution in [2.24, 2.45) is 7.05 Å². The molecule has 0 aromatic carbocycles. The lowest BCUT2D eigenvalue weighted by Crippen LogP contribution is -2.39. The maximum absolute atomic E-state index is 12.6. The smallest absolute Gasteiger partial charge is 0.272 e. The van der Waals surface area contributed by atoms with Crippen LogP contribution in [0.5, 0.6) is 0 Å². The van der Waals surface area contributed by atoms with E-state index in [1.807, 2.05) is 4.90 Å². The zero-order chi connectivity index (χ0) is 18.8. The molecule has 3 aromatic heterocycles. The second-order valence-electron chi connectivity index (χ2n) is 6.72. The zero-order valence-electron chi connectivity index (χ0n) is 15.6. The minimum absolute atomic E-state index is 0.0391. The summed E-state index contributed by atoms with van der Waals surface area (Å²) in [5.74, 6) is 2.22. The molecule has 27 heavy (non-hydrogen) atoms. The van der Waals surface area contributed by atoms with E-state index in [1.165, 1.54) is 6.33 Å². The summed E-state index contributed by atoms with van der Waals surface area (Å²) in [7, 11) is 1.79. The molecule has 0 bridgehead atoms. The SMILES string of the molecule is CCn1c(Cn2cncn2)nnc1C1CCN(C(=O)c2ccnn2C)CC1. The Kier molecular flexibility index (Phi) is 4.69. The highest BCUT2D eigenvalue weighted by molar-refractivity contribution is 5.92. The predicted octanol–water partition coefficient (Wildman–Crippen LogP) is 0.691. The molecule has 0 spiro atoms. The van der Waals surface area contributed by atoms with Gasteiger partial charge in [-0.05, 0) is 25.8 Å². The summed E-state index contributed by atoms with van der Waals surface area (Å²) >= 11 is 0. The molecular formula is C17H23N9O. The van der Waals surface area contributed by atoms with Gasteiger partial charge in [0.1, 0.15) is 30.7 Å². The van der Waals surface area contributed by atoms with E-state index >= 15 is 0 Å². The number of aryl methyl sites for hydroxylation is 1. The van der Waals surface area contributed by atoms with Gasteiger partial charge in [0.15, 0.2) is 5.82 Å². The summed E-state index contributed by atoms with van der Waals surface area (Å²) in [4.78, 5) is 18.5. The summed E-state index contributed by atoms with van der Waals surface area (Å²) in [5.41, 5.74) is 0.625. The van der Waals surface area contributed by atoms with Gasteiger partial charge in [0.25, 0.3) is 5.91 Å². The highest BCUT2D eigenvalue weighted by atomic mass is 16.2. The standard InChI is InChI=1S/C17H23N9O/c1-3-26-15(10-25-12-18-11-20-25)21-22-16(26)13-5-8-24(9-6-13)17(27)14-4-7-19-23(14)2/h4,7,11-13H,3,5-6,8-10H2,1-2H3. The highest BCUT2D eigenvalue weighted by Crippen LogP contribution is 2.28. The molecule has 1 fully saturated rings. The van der Waals surface area contributed by atoms with Crippen LogP contribution in [0.3, 0.4) is 0 Å². The van der Waals surface area contributed by atoms with Gasteiger partial charge in [-0.3, -0.25) is 9.48 Å². The average molecular weight is 369 g/mol. The van der Waals surface area contributed by atoms with Crippen molar-refractivity contribution in [1.82, 2.24) is 44.2 Å². The van der Waals surface area contributed by atoms with Crippen LogP contribution in [0.15, 0.2) is 24.9 Å². The van der Waals surface area contributed by atoms with Gasteiger partial charge in [0.05, 0.1) is 0 Å². The molecule has 0 radical (unpaired) electrons. The number of piperidine rings is 1. The van der Waals surface area contributed by atoms with E-state index in [2.05, 4.69) is 36.9 Å². The van der Waals surface area contributed by atoms with Crippen LogP contribution < -0.4 is 0 Å². The molecule has 0 saturated carbocycles. The summed E-state index contributed by atoms with van der Waals surface area (Å²) in [6, 6.07) is 1.76. The number of rotatable bonds is 5. The molecule has 1 saturated heterocycles. The summed E-state index contributed by atoms with van der Waals surface area (Å²) in [6.45, 7) is 4.88. The van der Waals surface area contributed by atoms with Crippen molar-refractivity contribution in [1.29, 1.82) is 0 Å². The minimum Gasteiger partial charge on any atom is -0.337 e. The molecule has 142 valence electrons. The fourth-order valence-electron chi connectivity index (χ4n) is 3.66. The Hall–Kier alpha value is -3.04. The van der Waals surface area contributed by atoms with Gasteiger partial charge in [0.2, 0.25) is 0 Å². The van der Waals surface area contributed by atoms with Crippen LogP contribution in [0, 0.1) is 0 Å². The Morgan fingerprint density at radius 3 is 2.67 bits per heavy atom. The number of carbonyl (C=O) groups excluding carboxylic acids is 1. The number of amides is 1. The third-order valence-electron chi connectivity index (χ3n) is 5.13. The van der Waals surface area contributed by atoms with Crippen LogP contribution in [0.1, 0.15) is 47.8 Å². The van der Waals surface area contributed by atoms with Crippen LogP contribution in [-0.4, -0.2) is 63.2 Å². The second-order valence-corrected chi connectivity index (χ2v) is 6.72. The number of likely N-dealkylation sites (tertiary alicyclic amines) is 1. The Morgan fingerprint density at radius 2 is 2.04 bits per heavy atom. The van der Waals surface area contributed by atoms with E-state index in [0.717, 1.165) is 31.0 Å². The van der Waals surface area contributed by atoms with E-state index in [1.54, 1.807) is 35.0 Å². The van der Waals surface area contributed by atoms with Crippen molar-refractivity contribution >= 4 is 5.91 Å². The number of hydrogen-bond donors (Lipinski definition) is 0. The molecule has 0 atom stereocenters. The van der Waals surface area contributed by atoms with E-state index in [0.29, 0.717) is 31.2 Å². The predicted molar refractivity (Wildman–Crippen MR) is 95.9 cm³/mol. The molecule has 1 aliphatic rings. The van der Waals surface area contributed by atoms with Gasteiger partial charge >= 0.3 is 0 Å². The molecule has 1 amide bonds. The first kappa shape index (κ1) is 17.4. The molecule has 0 aliphatic carbocycles. The molecule has 4 rings (SSSR count). The van der Waals surface area contributed by atoms with Crippen LogP contribution in [-0.2, 0) is 20.1 Å². The number of aromatic nitrogens is 8. The quantitative estimate of drug-likeness (QED) is 0.656. The lowest BCUT2D eigenvalue weighted by Gasteiger charge is -2.31. The normalized spacial score (nSPS) is 15.4. The maximum atomic E-state index is 12.6. The molecular weight excluding hydrogens is 346 g/mol. The van der Waals surface area contributed by atoms with E-state index in [9.17, 15) is 4.79 Å². The summed E-state index contributed by atoms with van der Waals surface area (Å²) in [5, 5.41) is 17.1. The molecule has 10 heteroatoms. The van der Waals surface area contributed by atoms with Crippen molar-refractivity contribution in [3.8, 4) is 0 Å². The third kappa shape index (κ3) is 3.34. The summed E-state index contributed by atoms with van der Waals surface area (Å²) in [6.07, 6.45) is 6.61. The number of hydrogen-bond acceptors (Lipinski definition) is 6. The van der Waals surface area contributed by atoms with Gasteiger partial charge in [-0.2, -0.15) is 10.2 Å². The molecule has 1 aliphatic heterocycles. The van der Waals surface area contributed by atoms with Crippen molar-refractivity contribution in [3.63, 3.8) is 0 Å². The topological polar surface area (TPSA) is 99.5 Å². The van der Waals surface area contributed by atoms with Gasteiger partial charge in [-0.15, -0.1) is 10.2 Å². The molecule has 3 aromatic rings. The van der Waals surface area contributed by atoms with Gasteiger partial charge < -0.3 is 9.47 Å². The Labute approximate surface area is 156 Å². The van der Waals surface area contributed by atoms with E-state index in [4.69, 9.17) is 0 Å². The van der Waals surface area contributed by atoms with Crippen LogP contribution in [0.4, 0.5) is 0 Å². The first-order valence-electron chi connectivity index (χ1n) is 9.19. The highest BCUT2D eigenvalue weighted by Gasteiger charge is 2.29. The third-order valence-corrected chi connectivity index (χ3v) is 5.13. The fourth-order valence-corrected chi connectivity index (χ4v) is 3.66. The zero-order valence-corrected chi connectivity index (χ0v) is 15.6. The van der Waals surface area contributed by atoms with Crippen molar-refractivity contribution in [2.75, 3.05) is 13.1 Å². The molecule has 0 N–H and O–H groups in total. The maximum Gasteiger partial charge on any atom is 0.272 e. The fraction of sp³-hybridized carbons (Fsp3) is 0.529. The second kappa shape index (κ2) is 7.29. The lowest BCUT2D eigenvalue weighted by atomic mass is 9.95. The van der Waals surface area contributed by atoms with E-state index in [-0.39, 0.29) is 5.91 Å². The van der Waals surface area contributed by atoms with E-state index < -0.39 is 0 Å². The minimum atomic E-state index is 0.0391. The average Bonchev–Trinajstić information content (AvgIpc) is 3.43. The molecule has 4 heterocycles. The first-order chi connectivity index (χ1) is 13.2. The Bertz CT molecular complexity index is 903. The number of nitrogens with zero attached hydrogens (tertiary/aromatic N) is 9. The first-order valence-corrected chi connectivity index (χ1v) is 9.19. The Morgan fingerprint density at radius 1 is 1.22 bits per heavy atom. The number of carbonyl (C=O) groups is 1. The van der Waals surface area contributed by atoms with Gasteiger partial charge in [0, 0.05) is 38.8 Å². The van der Waals surface area contributed by atoms with Crippen molar-refractivity contribution in [3.05, 3.63) is 42.3 Å². The summed E-state index contributed by atoms with van der Waals surface area (Å²) < 4.78 is 5.53. The Balaban J connectivity index is 1.44. The monoisotopic (exact) mass is 369 g/mol. The van der Waals surface area contributed by atoms with Gasteiger partial charge in [-0.1, -0.05) is 0 Å². The largest absolute Gasteiger partial charge is 0.337 e. The molecule has 10 nitrogen and oxygen atoms in total. The van der Waals surface area contributed by atoms with Crippen molar-refractivity contribution in [2.45, 2.75) is 38.8 Å². The van der Waals surface area contributed by atoms with Gasteiger partial charge in [-0.25, -0.2) is 9.67 Å². The van der Waals surface area contributed by atoms with Crippen LogP contribution >= 0.6 is 0 Å². The van der Waals surface area contributed by atoms with Crippen LogP contribution in [0.25, 0.3) is 0 Å². The lowest BCUT2D eigenvalue weighted by molar-refractivity contribution is 0.0699. The van der Waals surface area contributed by atoms with Crippen LogP contribution in [0.2, 0.25) is 0 Å². The van der Waals surface area contributed by atoms with Crippen molar-refractivity contribution < 1.29 is 4.79 Å². The molecule has 0 unspecified atom stereocenters.